The van der Waals surface area contributed by atoms with Crippen molar-refractivity contribution in [2.75, 3.05) is 34.4 Å². The molecule has 0 aliphatic heterocycles. The molecule has 0 radical (unpaired) electrons. The van der Waals surface area contributed by atoms with E-state index in [0.29, 0.717) is 19.5 Å². The molecule has 0 atom stereocenters. The summed E-state index contributed by atoms with van der Waals surface area (Å²) in [6, 6.07) is 7.48. The first-order chi connectivity index (χ1) is 9.71. The molecule has 0 aliphatic rings. The Morgan fingerprint density at radius 3 is 2.50 bits per heavy atom. The van der Waals surface area contributed by atoms with Gasteiger partial charge in [0.2, 0.25) is 0 Å². The number of ether oxygens (including phenoxy) is 3. The highest BCUT2D eigenvalue weighted by molar-refractivity contribution is 5.73. The van der Waals surface area contributed by atoms with E-state index in [9.17, 15) is 4.79 Å². The van der Waals surface area contributed by atoms with Crippen molar-refractivity contribution in [3.63, 3.8) is 0 Å². The van der Waals surface area contributed by atoms with Gasteiger partial charge in [0.1, 0.15) is 5.75 Å². The molecule has 6 heteroatoms. The molecule has 1 aromatic rings. The molecule has 112 valence electrons. The zero-order chi connectivity index (χ0) is 14.8. The van der Waals surface area contributed by atoms with Crippen LogP contribution in [0.25, 0.3) is 0 Å². The molecule has 2 amide bonds. The minimum Gasteiger partial charge on any atom is -0.496 e. The van der Waals surface area contributed by atoms with Crippen LogP contribution >= 0.6 is 0 Å². The summed E-state index contributed by atoms with van der Waals surface area (Å²) >= 11 is 0. The number of amides is 2. The third kappa shape index (κ3) is 5.46. The van der Waals surface area contributed by atoms with Crippen LogP contribution in [0, 0.1) is 0 Å². The first-order valence-corrected chi connectivity index (χ1v) is 6.40. The zero-order valence-corrected chi connectivity index (χ0v) is 12.1. The Labute approximate surface area is 119 Å². The molecule has 0 aromatic heterocycles. The normalized spacial score (nSPS) is 10.4. The number of hydrogen-bond acceptors (Lipinski definition) is 4. The Bertz CT molecular complexity index is 408. The average Bonchev–Trinajstić information content (AvgIpc) is 2.48. The van der Waals surface area contributed by atoms with Crippen molar-refractivity contribution in [3.8, 4) is 5.75 Å². The van der Waals surface area contributed by atoms with Crippen LogP contribution in [0.2, 0.25) is 0 Å². The van der Waals surface area contributed by atoms with Gasteiger partial charge >= 0.3 is 6.03 Å². The minimum absolute atomic E-state index is 0.251. The van der Waals surface area contributed by atoms with Crippen LogP contribution in [0.3, 0.4) is 0 Å². The van der Waals surface area contributed by atoms with Gasteiger partial charge in [0.25, 0.3) is 0 Å². The molecule has 0 saturated carbocycles. The Hall–Kier alpha value is -1.79. The summed E-state index contributed by atoms with van der Waals surface area (Å²) in [5.41, 5.74) is 1.06. The van der Waals surface area contributed by atoms with Gasteiger partial charge < -0.3 is 24.8 Å². The standard InChI is InChI=1S/C14H22N2O4/c1-18-12-7-5-4-6-11(12)8-9-15-14(17)16-10-13(19-2)20-3/h4-7,13H,8-10H2,1-3H3,(H2,15,16,17). The van der Waals surface area contributed by atoms with E-state index in [1.54, 1.807) is 7.11 Å². The third-order valence-electron chi connectivity index (χ3n) is 2.83. The maximum absolute atomic E-state index is 11.6. The van der Waals surface area contributed by atoms with Crippen LogP contribution in [0.15, 0.2) is 24.3 Å². The lowest BCUT2D eigenvalue weighted by molar-refractivity contribution is -0.0971. The van der Waals surface area contributed by atoms with Crippen LogP contribution in [0.4, 0.5) is 4.79 Å². The predicted octanol–water partition coefficient (Wildman–Crippen LogP) is 1.16. The van der Waals surface area contributed by atoms with Crippen LogP contribution in [-0.4, -0.2) is 46.7 Å². The molecule has 2 N–H and O–H groups in total. The molecular formula is C14H22N2O4. The van der Waals surface area contributed by atoms with E-state index in [1.807, 2.05) is 24.3 Å². The van der Waals surface area contributed by atoms with Crippen LogP contribution < -0.4 is 15.4 Å². The van der Waals surface area contributed by atoms with Gasteiger partial charge in [-0.2, -0.15) is 0 Å². The molecule has 0 saturated heterocycles. The van der Waals surface area contributed by atoms with Gasteiger partial charge in [0.05, 0.1) is 13.7 Å². The Kier molecular flexibility index (Phi) is 7.46. The number of urea groups is 1. The molecule has 0 spiro atoms. The van der Waals surface area contributed by atoms with Crippen molar-refractivity contribution < 1.29 is 19.0 Å². The van der Waals surface area contributed by atoms with Crippen LogP contribution in [-0.2, 0) is 15.9 Å². The molecule has 1 rings (SSSR count). The van der Waals surface area contributed by atoms with Gasteiger partial charge in [0.15, 0.2) is 6.29 Å². The number of benzene rings is 1. The zero-order valence-electron chi connectivity index (χ0n) is 12.1. The van der Waals surface area contributed by atoms with Crippen molar-refractivity contribution in [1.82, 2.24) is 10.6 Å². The SMILES string of the molecule is COc1ccccc1CCNC(=O)NCC(OC)OC. The first-order valence-electron chi connectivity index (χ1n) is 6.40. The van der Waals surface area contributed by atoms with E-state index >= 15 is 0 Å². The lowest BCUT2D eigenvalue weighted by Gasteiger charge is -2.14. The maximum Gasteiger partial charge on any atom is 0.314 e. The van der Waals surface area contributed by atoms with Gasteiger partial charge in [0, 0.05) is 20.8 Å². The molecule has 6 nitrogen and oxygen atoms in total. The van der Waals surface area contributed by atoms with Gasteiger partial charge in [-0.15, -0.1) is 0 Å². The third-order valence-corrected chi connectivity index (χ3v) is 2.83. The number of carbonyl (C=O) groups excluding carboxylic acids is 1. The molecule has 0 fully saturated rings. The fraction of sp³-hybridized carbons (Fsp3) is 0.500. The Balaban J connectivity index is 2.28. The monoisotopic (exact) mass is 282 g/mol. The summed E-state index contributed by atoms with van der Waals surface area (Å²) in [4.78, 5) is 11.6. The minimum atomic E-state index is -0.435. The smallest absolute Gasteiger partial charge is 0.314 e. The number of nitrogens with one attached hydrogen (secondary N) is 2. The predicted molar refractivity (Wildman–Crippen MR) is 75.9 cm³/mol. The number of methoxy groups -OCH3 is 3. The highest BCUT2D eigenvalue weighted by Gasteiger charge is 2.07. The van der Waals surface area contributed by atoms with Crippen LogP contribution in [0.5, 0.6) is 5.75 Å². The number of hydrogen-bond donors (Lipinski definition) is 2. The fourth-order valence-corrected chi connectivity index (χ4v) is 1.72. The topological polar surface area (TPSA) is 68.8 Å². The second-order valence-electron chi connectivity index (χ2n) is 4.10. The Morgan fingerprint density at radius 1 is 1.15 bits per heavy atom. The summed E-state index contributed by atoms with van der Waals surface area (Å²) in [6.45, 7) is 0.824. The molecule has 0 bridgehead atoms. The maximum atomic E-state index is 11.6. The second-order valence-corrected chi connectivity index (χ2v) is 4.10. The molecule has 0 unspecified atom stereocenters. The molecule has 1 aromatic carbocycles. The van der Waals surface area contributed by atoms with Crippen molar-refractivity contribution in [1.29, 1.82) is 0 Å². The Morgan fingerprint density at radius 2 is 1.85 bits per heavy atom. The second kappa shape index (κ2) is 9.17. The quantitative estimate of drug-likeness (QED) is 0.702. The lowest BCUT2D eigenvalue weighted by Crippen LogP contribution is -2.41. The molecule has 0 aliphatic carbocycles. The fourth-order valence-electron chi connectivity index (χ4n) is 1.72. The number of carbonyl (C=O) groups is 1. The van der Waals surface area contributed by atoms with Gasteiger partial charge in [-0.3, -0.25) is 0 Å². The molecule has 20 heavy (non-hydrogen) atoms. The summed E-state index contributed by atoms with van der Waals surface area (Å²) in [7, 11) is 4.68. The van der Waals surface area contributed by atoms with E-state index < -0.39 is 6.29 Å². The van der Waals surface area contributed by atoms with Gasteiger partial charge in [-0.05, 0) is 18.1 Å². The van der Waals surface area contributed by atoms with Crippen molar-refractivity contribution >= 4 is 6.03 Å². The van der Waals surface area contributed by atoms with E-state index in [2.05, 4.69) is 10.6 Å². The van der Waals surface area contributed by atoms with Gasteiger partial charge in [-0.1, -0.05) is 18.2 Å². The number of para-hydroxylation sites is 1. The van der Waals surface area contributed by atoms with E-state index in [4.69, 9.17) is 14.2 Å². The van der Waals surface area contributed by atoms with Crippen molar-refractivity contribution in [2.24, 2.45) is 0 Å². The van der Waals surface area contributed by atoms with Gasteiger partial charge in [-0.25, -0.2) is 4.79 Å². The summed E-state index contributed by atoms with van der Waals surface area (Å²) in [5, 5.41) is 5.44. The average molecular weight is 282 g/mol. The highest BCUT2D eigenvalue weighted by Crippen LogP contribution is 2.17. The molecule has 0 heterocycles. The van der Waals surface area contributed by atoms with E-state index in [1.165, 1.54) is 14.2 Å². The van der Waals surface area contributed by atoms with Crippen molar-refractivity contribution in [2.45, 2.75) is 12.7 Å². The van der Waals surface area contributed by atoms with Crippen LogP contribution in [0.1, 0.15) is 5.56 Å². The summed E-state index contributed by atoms with van der Waals surface area (Å²) < 4.78 is 15.2. The first kappa shape index (κ1) is 16.3. The van der Waals surface area contributed by atoms with Crippen molar-refractivity contribution in [3.05, 3.63) is 29.8 Å². The molecular weight excluding hydrogens is 260 g/mol. The number of rotatable bonds is 8. The summed E-state index contributed by atoms with van der Waals surface area (Å²) in [6.07, 6.45) is 0.269. The highest BCUT2D eigenvalue weighted by atomic mass is 16.7. The largest absolute Gasteiger partial charge is 0.496 e. The lowest BCUT2D eigenvalue weighted by atomic mass is 10.1. The van der Waals surface area contributed by atoms with E-state index in [0.717, 1.165) is 11.3 Å². The van der Waals surface area contributed by atoms with E-state index in [-0.39, 0.29) is 6.03 Å². The summed E-state index contributed by atoms with van der Waals surface area (Å²) in [5.74, 6) is 0.827.